The number of benzene rings is 1. The maximum atomic E-state index is 13.0. The minimum Gasteiger partial charge on any atom is -0.444 e. The zero-order valence-electron chi connectivity index (χ0n) is 23.3. The van der Waals surface area contributed by atoms with E-state index in [1.54, 1.807) is 12.1 Å². The van der Waals surface area contributed by atoms with Crippen LogP contribution in [0.4, 0.5) is 16.2 Å². The van der Waals surface area contributed by atoms with Gasteiger partial charge in [0.05, 0.1) is 17.4 Å². The summed E-state index contributed by atoms with van der Waals surface area (Å²) >= 11 is 0. The van der Waals surface area contributed by atoms with E-state index in [1.807, 2.05) is 44.5 Å². The second-order valence-electron chi connectivity index (χ2n) is 12.1. The molecule has 0 unspecified atom stereocenters. The SMILES string of the molecule is C[C@@H]1CCC[C@H](NC(=O)OC(C)(C)C)c2cn(COCC[Si](C)(C)C)c(n2)-c2ccc(N)cc2NC1=O. The molecule has 1 aromatic carbocycles. The number of fused-ring (bicyclic) bond motifs is 4. The second kappa shape index (κ2) is 11.7. The zero-order valence-corrected chi connectivity index (χ0v) is 24.3. The molecule has 1 aliphatic rings. The first-order chi connectivity index (χ1) is 17.2. The zero-order chi connectivity index (χ0) is 27.4. The molecule has 0 spiro atoms. The van der Waals surface area contributed by atoms with E-state index in [0.717, 1.165) is 23.7 Å². The molecule has 10 heteroatoms. The molecule has 2 bridgehead atoms. The molecule has 0 radical (unpaired) electrons. The van der Waals surface area contributed by atoms with Crippen molar-refractivity contribution in [2.75, 3.05) is 17.7 Å². The predicted octanol–water partition coefficient (Wildman–Crippen LogP) is 5.77. The Morgan fingerprint density at radius 3 is 2.68 bits per heavy atom. The molecule has 1 aliphatic heterocycles. The predicted molar refractivity (Wildman–Crippen MR) is 150 cm³/mol. The average molecular weight is 530 g/mol. The van der Waals surface area contributed by atoms with Gasteiger partial charge in [-0.2, -0.15) is 0 Å². The van der Waals surface area contributed by atoms with Crippen molar-refractivity contribution in [1.29, 1.82) is 0 Å². The van der Waals surface area contributed by atoms with Crippen LogP contribution < -0.4 is 16.4 Å². The molecule has 2 heterocycles. The summed E-state index contributed by atoms with van der Waals surface area (Å²) in [6.07, 6.45) is 3.45. The van der Waals surface area contributed by atoms with Crippen molar-refractivity contribution in [2.24, 2.45) is 5.92 Å². The summed E-state index contributed by atoms with van der Waals surface area (Å²) in [5.74, 6) is 0.363. The van der Waals surface area contributed by atoms with Crippen LogP contribution in [0.3, 0.4) is 0 Å². The maximum absolute atomic E-state index is 13.0. The number of rotatable bonds is 6. The third-order valence-electron chi connectivity index (χ3n) is 6.19. The number of carbonyl (C=O) groups is 2. The van der Waals surface area contributed by atoms with E-state index in [1.165, 1.54) is 0 Å². The van der Waals surface area contributed by atoms with Crippen molar-refractivity contribution in [3.8, 4) is 11.4 Å². The number of nitrogens with zero attached hydrogens (tertiary/aromatic N) is 2. The van der Waals surface area contributed by atoms with E-state index >= 15 is 0 Å². The van der Waals surface area contributed by atoms with Crippen LogP contribution in [0, 0.1) is 5.92 Å². The van der Waals surface area contributed by atoms with Crippen LogP contribution in [0.25, 0.3) is 11.4 Å². The monoisotopic (exact) mass is 529 g/mol. The number of ether oxygens (including phenoxy) is 2. The number of imidazole rings is 1. The molecule has 2 aromatic rings. The number of carbonyl (C=O) groups excluding carboxylic acids is 2. The molecule has 2 atom stereocenters. The largest absolute Gasteiger partial charge is 0.444 e. The van der Waals surface area contributed by atoms with Crippen molar-refractivity contribution >= 4 is 31.4 Å². The Morgan fingerprint density at radius 1 is 1.27 bits per heavy atom. The van der Waals surface area contributed by atoms with E-state index < -0.39 is 19.8 Å². The summed E-state index contributed by atoms with van der Waals surface area (Å²) in [6.45, 7) is 15.3. The van der Waals surface area contributed by atoms with Gasteiger partial charge in [0.25, 0.3) is 0 Å². The van der Waals surface area contributed by atoms with E-state index in [-0.39, 0.29) is 17.9 Å². The normalized spacial score (nSPS) is 18.7. The van der Waals surface area contributed by atoms with Crippen LogP contribution in [-0.2, 0) is 21.0 Å². The van der Waals surface area contributed by atoms with Gasteiger partial charge < -0.3 is 30.4 Å². The van der Waals surface area contributed by atoms with Crippen LogP contribution in [0.1, 0.15) is 58.7 Å². The fourth-order valence-corrected chi connectivity index (χ4v) is 4.83. The van der Waals surface area contributed by atoms with Gasteiger partial charge in [-0.3, -0.25) is 4.79 Å². The summed E-state index contributed by atoms with van der Waals surface area (Å²) in [6, 6.07) is 6.09. The van der Waals surface area contributed by atoms with Crippen LogP contribution in [0.15, 0.2) is 24.4 Å². The molecule has 1 aromatic heterocycles. The topological polar surface area (TPSA) is 120 Å². The molecular weight excluding hydrogens is 486 g/mol. The van der Waals surface area contributed by atoms with E-state index in [0.29, 0.717) is 43.4 Å². The summed E-state index contributed by atoms with van der Waals surface area (Å²) in [7, 11) is -1.24. The van der Waals surface area contributed by atoms with Gasteiger partial charge in [0.15, 0.2) is 0 Å². The number of nitrogens with two attached hydrogens (primary N) is 1. The number of aromatic nitrogens is 2. The summed E-state index contributed by atoms with van der Waals surface area (Å²) in [5.41, 5.74) is 8.08. The lowest BCUT2D eigenvalue weighted by Crippen LogP contribution is -2.35. The summed E-state index contributed by atoms with van der Waals surface area (Å²) < 4.78 is 13.5. The van der Waals surface area contributed by atoms with Crippen LogP contribution in [0.2, 0.25) is 25.7 Å². The smallest absolute Gasteiger partial charge is 0.408 e. The first-order valence-corrected chi connectivity index (χ1v) is 16.8. The Kier molecular flexibility index (Phi) is 9.07. The van der Waals surface area contributed by atoms with Gasteiger partial charge in [0.2, 0.25) is 5.91 Å². The fraction of sp³-hybridized carbons (Fsp3) is 0.593. The van der Waals surface area contributed by atoms with Gasteiger partial charge in [-0.1, -0.05) is 33.0 Å². The fourth-order valence-electron chi connectivity index (χ4n) is 4.08. The second-order valence-corrected chi connectivity index (χ2v) is 17.8. The highest BCUT2D eigenvalue weighted by Crippen LogP contribution is 2.33. The first kappa shape index (κ1) is 28.7. The lowest BCUT2D eigenvalue weighted by atomic mass is 9.99. The lowest BCUT2D eigenvalue weighted by molar-refractivity contribution is -0.119. The Balaban J connectivity index is 2.02. The van der Waals surface area contributed by atoms with Gasteiger partial charge in [0.1, 0.15) is 18.2 Å². The van der Waals surface area contributed by atoms with Crippen molar-refractivity contribution in [1.82, 2.24) is 14.9 Å². The molecule has 37 heavy (non-hydrogen) atoms. The van der Waals surface area contributed by atoms with Crippen LogP contribution in [0.5, 0.6) is 0 Å². The Hall–Kier alpha value is -2.85. The molecule has 9 nitrogen and oxygen atoms in total. The third kappa shape index (κ3) is 8.60. The minimum atomic E-state index is -1.24. The minimum absolute atomic E-state index is 0.0752. The quantitative estimate of drug-likeness (QED) is 0.248. The molecule has 0 saturated heterocycles. The molecule has 0 saturated carbocycles. The molecule has 0 fully saturated rings. The number of nitrogens with one attached hydrogen (secondary N) is 2. The Morgan fingerprint density at radius 2 is 2.00 bits per heavy atom. The number of amides is 2. The Labute approximate surface area is 221 Å². The number of anilines is 2. The molecule has 0 aliphatic carbocycles. The number of hydrogen-bond donors (Lipinski definition) is 3. The molecule has 4 N–H and O–H groups in total. The highest BCUT2D eigenvalue weighted by molar-refractivity contribution is 6.76. The van der Waals surface area contributed by atoms with Gasteiger partial charge in [-0.05, 0) is 57.9 Å². The van der Waals surface area contributed by atoms with Crippen molar-refractivity contribution < 1.29 is 19.1 Å². The molecular formula is C27H43N5O4Si. The number of alkyl carbamates (subject to hydrolysis) is 1. The summed E-state index contributed by atoms with van der Waals surface area (Å²) in [5, 5.41) is 6.06. The highest BCUT2D eigenvalue weighted by Gasteiger charge is 2.26. The Bertz CT molecular complexity index is 1100. The maximum Gasteiger partial charge on any atom is 0.408 e. The highest BCUT2D eigenvalue weighted by atomic mass is 28.3. The lowest BCUT2D eigenvalue weighted by Gasteiger charge is -2.23. The van der Waals surface area contributed by atoms with E-state index in [2.05, 4.69) is 30.3 Å². The van der Waals surface area contributed by atoms with Crippen LogP contribution in [-0.4, -0.2) is 41.8 Å². The molecule has 3 rings (SSSR count). The number of nitrogen functional groups attached to an aromatic ring is 1. The standard InChI is InChI=1S/C27H43N5O4Si/c1-18-9-8-10-21(31-26(34)36-27(2,3)4)23-16-32(17-35-13-14-37(5,6)7)24(29-23)20-12-11-19(28)15-22(20)30-25(18)33/h11-12,15-16,18,21H,8-10,13-14,17,28H2,1-7H3,(H,30,33)(H,31,34)/t18-,21+/m1/s1. The van der Waals surface area contributed by atoms with Gasteiger partial charge in [-0.25, -0.2) is 9.78 Å². The van der Waals surface area contributed by atoms with E-state index in [9.17, 15) is 9.59 Å². The molecule has 204 valence electrons. The van der Waals surface area contributed by atoms with Crippen molar-refractivity contribution in [3.05, 3.63) is 30.1 Å². The third-order valence-corrected chi connectivity index (χ3v) is 7.89. The summed E-state index contributed by atoms with van der Waals surface area (Å²) in [4.78, 5) is 30.6. The number of hydrogen-bond acceptors (Lipinski definition) is 6. The van der Waals surface area contributed by atoms with Gasteiger partial charge in [0, 0.05) is 38.0 Å². The van der Waals surface area contributed by atoms with Gasteiger partial charge in [-0.15, -0.1) is 0 Å². The van der Waals surface area contributed by atoms with Crippen LogP contribution >= 0.6 is 0 Å². The molecule has 2 amide bonds. The average Bonchev–Trinajstić information content (AvgIpc) is 3.17. The van der Waals surface area contributed by atoms with Gasteiger partial charge >= 0.3 is 6.09 Å². The first-order valence-electron chi connectivity index (χ1n) is 13.1. The van der Waals surface area contributed by atoms with Crippen molar-refractivity contribution in [3.63, 3.8) is 0 Å². The van der Waals surface area contributed by atoms with E-state index in [4.69, 9.17) is 20.2 Å². The van der Waals surface area contributed by atoms with Crippen molar-refractivity contribution in [2.45, 2.75) is 91.0 Å².